The second-order valence-electron chi connectivity index (χ2n) is 5.93. The third-order valence-corrected chi connectivity index (χ3v) is 5.31. The van der Waals surface area contributed by atoms with Gasteiger partial charge < -0.3 is 14.8 Å². The Morgan fingerprint density at radius 2 is 2.07 bits per heavy atom. The fourth-order valence-corrected chi connectivity index (χ4v) is 3.91. The molecular weight excluding hydrogens is 380 g/mol. The Hall–Kier alpha value is -3.46. The van der Waals surface area contributed by atoms with Gasteiger partial charge in [0.05, 0.1) is 31.8 Å². The minimum atomic E-state index is -0.369. The maximum Gasteiger partial charge on any atom is 0.271 e. The van der Waals surface area contributed by atoms with E-state index in [0.29, 0.717) is 27.4 Å². The molecule has 1 aromatic carbocycles. The molecule has 9 heteroatoms. The number of hydrogen-bond acceptors (Lipinski definition) is 7. The maximum absolute atomic E-state index is 12.8. The number of rotatable bonds is 5. The van der Waals surface area contributed by atoms with Gasteiger partial charge in [-0.1, -0.05) is 0 Å². The number of ether oxygens (including phenoxy) is 2. The summed E-state index contributed by atoms with van der Waals surface area (Å²) in [6.07, 6.45) is 3.06. The zero-order valence-corrected chi connectivity index (χ0v) is 15.9. The van der Waals surface area contributed by atoms with Crippen molar-refractivity contribution in [1.82, 2.24) is 14.5 Å². The van der Waals surface area contributed by atoms with Crippen molar-refractivity contribution in [3.05, 3.63) is 53.2 Å². The van der Waals surface area contributed by atoms with Crippen LogP contribution in [0.25, 0.3) is 20.4 Å². The number of benzene rings is 1. The average molecular weight is 396 g/mol. The maximum atomic E-state index is 12.8. The van der Waals surface area contributed by atoms with Gasteiger partial charge in [0.25, 0.3) is 5.56 Å². The molecule has 0 atom stereocenters. The molecule has 8 nitrogen and oxygen atoms in total. The SMILES string of the molecule is COc1ccc(NC(=O)Cn2cnc3c(sc4ncccc43)c2=O)c(OC)c1. The van der Waals surface area contributed by atoms with E-state index in [1.54, 1.807) is 37.6 Å². The summed E-state index contributed by atoms with van der Waals surface area (Å²) in [4.78, 5) is 34.6. The molecule has 4 aromatic rings. The third-order valence-electron chi connectivity index (χ3n) is 4.22. The number of pyridine rings is 1. The molecule has 3 aromatic heterocycles. The van der Waals surface area contributed by atoms with Gasteiger partial charge in [0.15, 0.2) is 0 Å². The summed E-state index contributed by atoms with van der Waals surface area (Å²) >= 11 is 1.27. The first-order chi connectivity index (χ1) is 13.6. The summed E-state index contributed by atoms with van der Waals surface area (Å²) in [5, 5.41) is 3.58. The largest absolute Gasteiger partial charge is 0.497 e. The number of aromatic nitrogens is 3. The van der Waals surface area contributed by atoms with Crippen LogP contribution < -0.4 is 20.3 Å². The minimum absolute atomic E-state index is 0.168. The highest BCUT2D eigenvalue weighted by molar-refractivity contribution is 7.25. The van der Waals surface area contributed by atoms with E-state index >= 15 is 0 Å². The minimum Gasteiger partial charge on any atom is -0.497 e. The molecule has 0 aliphatic rings. The Labute approximate surface area is 163 Å². The molecule has 0 saturated carbocycles. The fraction of sp³-hybridized carbons (Fsp3) is 0.158. The molecular formula is C19H16N4O4S. The topological polar surface area (TPSA) is 95.3 Å². The van der Waals surface area contributed by atoms with E-state index in [1.165, 1.54) is 29.3 Å². The van der Waals surface area contributed by atoms with E-state index in [0.717, 1.165) is 10.2 Å². The normalized spacial score (nSPS) is 10.9. The lowest BCUT2D eigenvalue weighted by molar-refractivity contribution is -0.116. The van der Waals surface area contributed by atoms with Crippen LogP contribution in [-0.2, 0) is 11.3 Å². The number of anilines is 1. The Morgan fingerprint density at radius 1 is 1.21 bits per heavy atom. The molecule has 0 spiro atoms. The molecule has 1 amide bonds. The van der Waals surface area contributed by atoms with Gasteiger partial charge in [-0.3, -0.25) is 14.2 Å². The van der Waals surface area contributed by atoms with Gasteiger partial charge >= 0.3 is 0 Å². The highest BCUT2D eigenvalue weighted by Gasteiger charge is 2.15. The molecule has 0 unspecified atom stereocenters. The Balaban J connectivity index is 1.61. The van der Waals surface area contributed by atoms with Crippen LogP contribution in [0.2, 0.25) is 0 Å². The van der Waals surface area contributed by atoms with Crippen LogP contribution in [0.15, 0.2) is 47.7 Å². The van der Waals surface area contributed by atoms with E-state index in [9.17, 15) is 9.59 Å². The first-order valence-electron chi connectivity index (χ1n) is 8.35. The monoisotopic (exact) mass is 396 g/mol. The van der Waals surface area contributed by atoms with Gasteiger partial charge in [0.2, 0.25) is 5.91 Å². The molecule has 4 rings (SSSR count). The number of carbonyl (C=O) groups excluding carboxylic acids is 1. The van der Waals surface area contributed by atoms with Crippen LogP contribution in [-0.4, -0.2) is 34.7 Å². The third kappa shape index (κ3) is 3.16. The van der Waals surface area contributed by atoms with Crippen LogP contribution in [0.5, 0.6) is 11.5 Å². The molecule has 0 saturated heterocycles. The predicted molar refractivity (Wildman–Crippen MR) is 107 cm³/mol. The number of nitrogens with zero attached hydrogens (tertiary/aromatic N) is 3. The lowest BCUT2D eigenvalue weighted by Crippen LogP contribution is -2.27. The molecule has 142 valence electrons. The predicted octanol–water partition coefficient (Wildman–Crippen LogP) is 2.66. The lowest BCUT2D eigenvalue weighted by atomic mass is 10.2. The smallest absolute Gasteiger partial charge is 0.271 e. The van der Waals surface area contributed by atoms with Crippen LogP contribution >= 0.6 is 11.3 Å². The van der Waals surface area contributed by atoms with Crippen molar-refractivity contribution in [2.45, 2.75) is 6.54 Å². The zero-order chi connectivity index (χ0) is 19.7. The summed E-state index contributed by atoms with van der Waals surface area (Å²) < 4.78 is 12.2. The molecule has 0 aliphatic heterocycles. The summed E-state index contributed by atoms with van der Waals surface area (Å²) in [6.45, 7) is -0.168. The number of carbonyl (C=O) groups is 1. The van der Waals surface area contributed by atoms with Crippen molar-refractivity contribution in [3.8, 4) is 11.5 Å². The van der Waals surface area contributed by atoms with E-state index in [1.807, 2.05) is 6.07 Å². The summed E-state index contributed by atoms with van der Waals surface area (Å²) in [7, 11) is 3.05. The molecule has 0 aliphatic carbocycles. The number of hydrogen-bond donors (Lipinski definition) is 1. The van der Waals surface area contributed by atoms with Crippen LogP contribution in [0.3, 0.4) is 0 Å². The van der Waals surface area contributed by atoms with Crippen molar-refractivity contribution in [1.29, 1.82) is 0 Å². The van der Waals surface area contributed by atoms with Gasteiger partial charge in [-0.05, 0) is 24.3 Å². The fourth-order valence-electron chi connectivity index (χ4n) is 2.86. The van der Waals surface area contributed by atoms with E-state index in [-0.39, 0.29) is 18.0 Å². The molecule has 28 heavy (non-hydrogen) atoms. The number of amides is 1. The van der Waals surface area contributed by atoms with Gasteiger partial charge in [-0.2, -0.15) is 0 Å². The summed E-state index contributed by atoms with van der Waals surface area (Å²) in [5.74, 6) is 0.703. The highest BCUT2D eigenvalue weighted by atomic mass is 32.1. The molecule has 3 heterocycles. The first kappa shape index (κ1) is 17.9. The Kier molecular flexibility index (Phi) is 4.66. The number of methoxy groups -OCH3 is 2. The van der Waals surface area contributed by atoms with Crippen molar-refractivity contribution in [3.63, 3.8) is 0 Å². The van der Waals surface area contributed by atoms with Crippen molar-refractivity contribution >= 4 is 43.4 Å². The second-order valence-corrected chi connectivity index (χ2v) is 6.93. The van der Waals surface area contributed by atoms with Crippen LogP contribution in [0.4, 0.5) is 5.69 Å². The standard InChI is InChI=1S/C19H16N4O4S/c1-26-11-5-6-13(14(8-11)27-2)22-15(24)9-23-10-21-16-12-4-3-7-20-18(12)28-17(16)19(23)25/h3-8,10H,9H2,1-2H3,(H,22,24). The Bertz CT molecular complexity index is 1250. The Morgan fingerprint density at radius 3 is 2.86 bits per heavy atom. The van der Waals surface area contributed by atoms with E-state index in [4.69, 9.17) is 9.47 Å². The van der Waals surface area contributed by atoms with Crippen molar-refractivity contribution in [2.75, 3.05) is 19.5 Å². The number of thiophene rings is 1. The van der Waals surface area contributed by atoms with Crippen molar-refractivity contribution < 1.29 is 14.3 Å². The second kappa shape index (κ2) is 7.28. The van der Waals surface area contributed by atoms with Crippen LogP contribution in [0.1, 0.15) is 0 Å². The summed E-state index contributed by atoms with van der Waals surface area (Å²) in [5.41, 5.74) is 0.817. The summed E-state index contributed by atoms with van der Waals surface area (Å²) in [6, 6.07) is 8.73. The first-order valence-corrected chi connectivity index (χ1v) is 9.17. The van der Waals surface area contributed by atoms with Gasteiger partial charge in [0, 0.05) is 17.6 Å². The van der Waals surface area contributed by atoms with Gasteiger partial charge in [-0.25, -0.2) is 9.97 Å². The van der Waals surface area contributed by atoms with Gasteiger partial charge in [0.1, 0.15) is 27.6 Å². The number of nitrogens with one attached hydrogen (secondary N) is 1. The lowest BCUT2D eigenvalue weighted by Gasteiger charge is -2.12. The van der Waals surface area contributed by atoms with E-state index in [2.05, 4.69) is 15.3 Å². The average Bonchev–Trinajstić information content (AvgIpc) is 3.10. The van der Waals surface area contributed by atoms with Gasteiger partial charge in [-0.15, -0.1) is 11.3 Å². The molecule has 0 radical (unpaired) electrons. The molecule has 0 bridgehead atoms. The molecule has 1 N–H and O–H groups in total. The highest BCUT2D eigenvalue weighted by Crippen LogP contribution is 2.29. The number of fused-ring (bicyclic) bond motifs is 3. The van der Waals surface area contributed by atoms with E-state index < -0.39 is 0 Å². The zero-order valence-electron chi connectivity index (χ0n) is 15.1. The quantitative estimate of drug-likeness (QED) is 0.557. The van der Waals surface area contributed by atoms with Crippen molar-refractivity contribution in [2.24, 2.45) is 0 Å². The molecule has 0 fully saturated rings. The van der Waals surface area contributed by atoms with Crippen LogP contribution in [0, 0.1) is 0 Å².